The highest BCUT2D eigenvalue weighted by atomic mass is 32.1. The average molecular weight is 298 g/mol. The van der Waals surface area contributed by atoms with Gasteiger partial charge in [-0.1, -0.05) is 27.7 Å². The third-order valence-electron chi connectivity index (χ3n) is 3.16. The maximum Gasteiger partial charge on any atom is 0.185 e. The summed E-state index contributed by atoms with van der Waals surface area (Å²) in [6, 6.07) is 0. The summed E-state index contributed by atoms with van der Waals surface area (Å²) >= 11 is 1.76. The standard InChI is InChI=1S/C15H30N4S/c1-7-8-19(10-9-18(5)6)14-17-13(15(2,3)4)12(11-16)20-14/h7-11,16H2,1-6H3. The van der Waals surface area contributed by atoms with Crippen molar-refractivity contribution in [3.05, 3.63) is 10.6 Å². The van der Waals surface area contributed by atoms with E-state index in [9.17, 15) is 0 Å². The highest BCUT2D eigenvalue weighted by Gasteiger charge is 2.24. The molecule has 20 heavy (non-hydrogen) atoms. The first-order chi connectivity index (χ1) is 9.29. The van der Waals surface area contributed by atoms with Crippen molar-refractivity contribution in [2.75, 3.05) is 38.6 Å². The van der Waals surface area contributed by atoms with E-state index in [0.29, 0.717) is 6.54 Å². The fraction of sp³-hybridized carbons (Fsp3) is 0.800. The van der Waals surface area contributed by atoms with Gasteiger partial charge in [0.05, 0.1) is 5.69 Å². The fourth-order valence-corrected chi connectivity index (χ4v) is 3.29. The van der Waals surface area contributed by atoms with Gasteiger partial charge in [0.15, 0.2) is 5.13 Å². The van der Waals surface area contributed by atoms with Gasteiger partial charge in [-0.25, -0.2) is 4.98 Å². The second-order valence-electron chi connectivity index (χ2n) is 6.51. The Kier molecular flexibility index (Phi) is 6.43. The molecule has 0 radical (unpaired) electrons. The summed E-state index contributed by atoms with van der Waals surface area (Å²) < 4.78 is 0. The van der Waals surface area contributed by atoms with Crippen LogP contribution in [0, 0.1) is 0 Å². The van der Waals surface area contributed by atoms with Crippen molar-refractivity contribution >= 4 is 16.5 Å². The van der Waals surface area contributed by atoms with E-state index in [2.05, 4.69) is 51.6 Å². The molecule has 116 valence electrons. The van der Waals surface area contributed by atoms with Crippen LogP contribution in [0.3, 0.4) is 0 Å². The second kappa shape index (κ2) is 7.38. The van der Waals surface area contributed by atoms with E-state index < -0.39 is 0 Å². The Hall–Kier alpha value is -0.650. The molecule has 0 aliphatic heterocycles. The van der Waals surface area contributed by atoms with Crippen LogP contribution in [0.5, 0.6) is 0 Å². The zero-order valence-corrected chi connectivity index (χ0v) is 14.7. The van der Waals surface area contributed by atoms with Crippen molar-refractivity contribution in [3.63, 3.8) is 0 Å². The molecule has 0 saturated heterocycles. The predicted molar refractivity (Wildman–Crippen MR) is 89.8 cm³/mol. The lowest BCUT2D eigenvalue weighted by Crippen LogP contribution is -2.32. The Balaban J connectivity index is 2.99. The second-order valence-corrected chi connectivity index (χ2v) is 7.57. The van der Waals surface area contributed by atoms with Gasteiger partial charge in [0.1, 0.15) is 0 Å². The number of nitrogens with two attached hydrogens (primary N) is 1. The number of thiazole rings is 1. The molecular formula is C15H30N4S. The van der Waals surface area contributed by atoms with Crippen LogP contribution in [0.15, 0.2) is 0 Å². The molecule has 1 heterocycles. The minimum absolute atomic E-state index is 0.0584. The highest BCUT2D eigenvalue weighted by molar-refractivity contribution is 7.15. The van der Waals surface area contributed by atoms with E-state index in [-0.39, 0.29) is 5.41 Å². The van der Waals surface area contributed by atoms with Crippen LogP contribution in [0.25, 0.3) is 0 Å². The van der Waals surface area contributed by atoms with Gasteiger partial charge in [-0.15, -0.1) is 11.3 Å². The normalized spacial score (nSPS) is 12.2. The molecule has 0 saturated carbocycles. The molecule has 0 unspecified atom stereocenters. The predicted octanol–water partition coefficient (Wildman–Crippen LogP) is 2.68. The zero-order chi connectivity index (χ0) is 15.3. The molecule has 0 aromatic carbocycles. The van der Waals surface area contributed by atoms with Gasteiger partial charge in [0.25, 0.3) is 0 Å². The van der Waals surface area contributed by atoms with E-state index in [0.717, 1.165) is 36.9 Å². The number of hydrogen-bond acceptors (Lipinski definition) is 5. The van der Waals surface area contributed by atoms with Gasteiger partial charge < -0.3 is 15.5 Å². The summed E-state index contributed by atoms with van der Waals surface area (Å²) in [5.74, 6) is 0. The molecule has 0 aliphatic rings. The summed E-state index contributed by atoms with van der Waals surface area (Å²) in [6.45, 7) is 12.5. The van der Waals surface area contributed by atoms with Crippen molar-refractivity contribution in [1.29, 1.82) is 0 Å². The van der Waals surface area contributed by atoms with Crippen LogP contribution in [0.4, 0.5) is 5.13 Å². The third kappa shape index (κ3) is 4.72. The van der Waals surface area contributed by atoms with E-state index in [1.54, 1.807) is 11.3 Å². The lowest BCUT2D eigenvalue weighted by molar-refractivity contribution is 0.412. The van der Waals surface area contributed by atoms with E-state index >= 15 is 0 Å². The maximum atomic E-state index is 5.90. The topological polar surface area (TPSA) is 45.4 Å². The number of likely N-dealkylation sites (N-methyl/N-ethyl adjacent to an activating group) is 1. The number of rotatable bonds is 7. The molecule has 0 amide bonds. The van der Waals surface area contributed by atoms with Gasteiger partial charge in [0.2, 0.25) is 0 Å². The molecule has 5 heteroatoms. The van der Waals surface area contributed by atoms with Crippen molar-refractivity contribution in [2.24, 2.45) is 5.73 Å². The van der Waals surface area contributed by atoms with Gasteiger partial charge >= 0.3 is 0 Å². The van der Waals surface area contributed by atoms with Gasteiger partial charge in [-0.2, -0.15) is 0 Å². The molecule has 0 bridgehead atoms. The first-order valence-electron chi connectivity index (χ1n) is 7.39. The van der Waals surface area contributed by atoms with Crippen LogP contribution >= 0.6 is 11.3 Å². The molecule has 1 rings (SSSR count). The minimum Gasteiger partial charge on any atom is -0.347 e. The van der Waals surface area contributed by atoms with E-state index in [1.165, 1.54) is 4.88 Å². The van der Waals surface area contributed by atoms with Crippen molar-refractivity contribution in [2.45, 2.75) is 46.1 Å². The third-order valence-corrected chi connectivity index (χ3v) is 4.30. The first kappa shape index (κ1) is 17.4. The number of aromatic nitrogens is 1. The number of nitrogens with zero attached hydrogens (tertiary/aromatic N) is 3. The van der Waals surface area contributed by atoms with E-state index in [1.807, 2.05) is 0 Å². The summed E-state index contributed by atoms with van der Waals surface area (Å²) in [7, 11) is 4.22. The molecule has 1 aromatic rings. The quantitative estimate of drug-likeness (QED) is 0.840. The monoisotopic (exact) mass is 298 g/mol. The number of hydrogen-bond donors (Lipinski definition) is 1. The van der Waals surface area contributed by atoms with E-state index in [4.69, 9.17) is 10.7 Å². The molecule has 0 aliphatic carbocycles. The zero-order valence-electron chi connectivity index (χ0n) is 13.9. The van der Waals surface area contributed by atoms with Crippen LogP contribution in [-0.4, -0.2) is 43.6 Å². The summed E-state index contributed by atoms with van der Waals surface area (Å²) in [4.78, 5) is 10.7. The Morgan fingerprint density at radius 2 is 1.80 bits per heavy atom. The molecule has 0 spiro atoms. The van der Waals surface area contributed by atoms with Gasteiger partial charge in [0, 0.05) is 36.5 Å². The Morgan fingerprint density at radius 1 is 1.15 bits per heavy atom. The van der Waals surface area contributed by atoms with Crippen LogP contribution in [-0.2, 0) is 12.0 Å². The largest absolute Gasteiger partial charge is 0.347 e. The fourth-order valence-electron chi connectivity index (χ4n) is 2.09. The molecule has 0 fully saturated rings. The molecular weight excluding hydrogens is 268 g/mol. The lowest BCUT2D eigenvalue weighted by atomic mass is 9.91. The molecule has 2 N–H and O–H groups in total. The molecule has 1 aromatic heterocycles. The van der Waals surface area contributed by atoms with Crippen LogP contribution in [0.2, 0.25) is 0 Å². The average Bonchev–Trinajstić information content (AvgIpc) is 2.78. The van der Waals surface area contributed by atoms with Gasteiger partial charge in [-0.3, -0.25) is 0 Å². The SMILES string of the molecule is CCCN(CCN(C)C)c1nc(C(C)(C)C)c(CN)s1. The summed E-state index contributed by atoms with van der Waals surface area (Å²) in [6.07, 6.45) is 1.13. The highest BCUT2D eigenvalue weighted by Crippen LogP contribution is 2.33. The Bertz CT molecular complexity index is 406. The smallest absolute Gasteiger partial charge is 0.185 e. The van der Waals surface area contributed by atoms with Gasteiger partial charge in [-0.05, 0) is 20.5 Å². The van der Waals surface area contributed by atoms with Crippen molar-refractivity contribution in [1.82, 2.24) is 9.88 Å². The first-order valence-corrected chi connectivity index (χ1v) is 8.21. The Morgan fingerprint density at radius 3 is 2.20 bits per heavy atom. The molecule has 4 nitrogen and oxygen atoms in total. The summed E-state index contributed by atoms with van der Waals surface area (Å²) in [5, 5.41) is 1.12. The lowest BCUT2D eigenvalue weighted by Gasteiger charge is -2.23. The van der Waals surface area contributed by atoms with Crippen molar-refractivity contribution in [3.8, 4) is 0 Å². The maximum absolute atomic E-state index is 5.90. The van der Waals surface area contributed by atoms with Crippen molar-refractivity contribution < 1.29 is 0 Å². The minimum atomic E-state index is 0.0584. The Labute approximate surface area is 128 Å². The van der Waals surface area contributed by atoms with Crippen LogP contribution < -0.4 is 10.6 Å². The van der Waals surface area contributed by atoms with Crippen LogP contribution in [0.1, 0.15) is 44.7 Å². The molecule has 0 atom stereocenters. The summed E-state index contributed by atoms with van der Waals surface area (Å²) in [5.41, 5.74) is 7.12. The number of anilines is 1.